The second-order valence-corrected chi connectivity index (χ2v) is 7.56. The molecule has 0 saturated carbocycles. The highest BCUT2D eigenvalue weighted by Crippen LogP contribution is 2.22. The van der Waals surface area contributed by atoms with E-state index in [9.17, 15) is 4.79 Å². The predicted octanol–water partition coefficient (Wildman–Crippen LogP) is 4.26. The summed E-state index contributed by atoms with van der Waals surface area (Å²) in [6.07, 6.45) is 1.59. The normalized spacial score (nSPS) is 10.8. The first-order chi connectivity index (χ1) is 13.5. The van der Waals surface area contributed by atoms with Crippen LogP contribution in [-0.2, 0) is 4.79 Å². The Hall–Kier alpha value is -2.91. The number of thiazole rings is 1. The van der Waals surface area contributed by atoms with E-state index in [-0.39, 0.29) is 12.5 Å². The number of nitrogens with two attached hydrogens (primary N) is 1. The molecule has 1 aromatic heterocycles. The lowest BCUT2D eigenvalue weighted by Crippen LogP contribution is -2.21. The maximum absolute atomic E-state index is 12.2. The molecule has 0 unspecified atom stereocenters. The smallest absolute Gasteiger partial charge is 0.262 e. The quantitative estimate of drug-likeness (QED) is 0.361. The average Bonchev–Trinajstić information content (AvgIpc) is 3.08. The van der Waals surface area contributed by atoms with Crippen molar-refractivity contribution in [3.63, 3.8) is 0 Å². The summed E-state index contributed by atoms with van der Waals surface area (Å²) < 4.78 is 6.55. The number of para-hydroxylation sites is 1. The highest BCUT2D eigenvalue weighted by Gasteiger charge is 2.08. The van der Waals surface area contributed by atoms with Gasteiger partial charge in [-0.1, -0.05) is 34.1 Å². The van der Waals surface area contributed by atoms with E-state index in [4.69, 9.17) is 10.5 Å². The average molecular weight is 460 g/mol. The van der Waals surface area contributed by atoms with Crippen LogP contribution in [0.1, 0.15) is 11.1 Å². The minimum atomic E-state index is -0.239. The monoisotopic (exact) mass is 459 g/mol. The molecule has 0 radical (unpaired) electrons. The van der Waals surface area contributed by atoms with Gasteiger partial charge in [0.25, 0.3) is 5.91 Å². The van der Waals surface area contributed by atoms with Gasteiger partial charge in [0.1, 0.15) is 11.6 Å². The molecule has 3 aromatic rings. The summed E-state index contributed by atoms with van der Waals surface area (Å²) in [5.74, 6) is 0.734. The fourth-order valence-corrected chi connectivity index (χ4v) is 3.22. The van der Waals surface area contributed by atoms with Crippen LogP contribution >= 0.6 is 27.3 Å². The molecular formula is C19H18BrN5O2S. The molecule has 0 aliphatic rings. The summed E-state index contributed by atoms with van der Waals surface area (Å²) in [6, 6.07) is 13.0. The molecule has 3 rings (SSSR count). The zero-order valence-electron chi connectivity index (χ0n) is 15.0. The van der Waals surface area contributed by atoms with Crippen molar-refractivity contribution in [1.29, 1.82) is 0 Å². The van der Waals surface area contributed by atoms with Crippen LogP contribution in [0, 0.1) is 6.92 Å². The van der Waals surface area contributed by atoms with Gasteiger partial charge in [-0.05, 0) is 36.8 Å². The summed E-state index contributed by atoms with van der Waals surface area (Å²) in [7, 11) is 0. The number of anilines is 3. The van der Waals surface area contributed by atoms with E-state index in [1.165, 1.54) is 11.3 Å². The lowest BCUT2D eigenvalue weighted by molar-refractivity contribution is -0.118. The Bertz CT molecular complexity index is 1010. The molecule has 0 atom stereocenters. The number of amides is 1. The lowest BCUT2D eigenvalue weighted by Gasteiger charge is -2.11. The second-order valence-electron chi connectivity index (χ2n) is 5.78. The first-order valence-corrected chi connectivity index (χ1v) is 9.96. The van der Waals surface area contributed by atoms with Crippen LogP contribution in [0.15, 0.2) is 57.4 Å². The third kappa shape index (κ3) is 5.54. The topological polar surface area (TPSA) is 102 Å². The summed E-state index contributed by atoms with van der Waals surface area (Å²) in [6.45, 7) is 1.82. The van der Waals surface area contributed by atoms with Crippen LogP contribution in [0.25, 0.3) is 0 Å². The number of hydrogen-bond donors (Lipinski definition) is 3. The molecular weight excluding hydrogens is 442 g/mol. The van der Waals surface area contributed by atoms with Crippen molar-refractivity contribution in [2.75, 3.05) is 23.1 Å². The van der Waals surface area contributed by atoms with Gasteiger partial charge in [-0.15, -0.1) is 11.3 Å². The minimum Gasteiger partial charge on any atom is -0.483 e. The minimum absolute atomic E-state index is 0.118. The number of carbonyl (C=O) groups excluding carboxylic acids is 1. The molecule has 0 aliphatic carbocycles. The molecule has 0 spiro atoms. The number of hydrazone groups is 1. The van der Waals surface area contributed by atoms with Crippen LogP contribution in [0.2, 0.25) is 0 Å². The number of ether oxygens (including phenoxy) is 1. The van der Waals surface area contributed by atoms with Crippen LogP contribution in [0.3, 0.4) is 0 Å². The molecule has 1 amide bonds. The molecule has 4 N–H and O–H groups in total. The molecule has 28 heavy (non-hydrogen) atoms. The Morgan fingerprint density at radius 2 is 2.18 bits per heavy atom. The molecule has 144 valence electrons. The van der Waals surface area contributed by atoms with Gasteiger partial charge in [-0.2, -0.15) is 5.10 Å². The van der Waals surface area contributed by atoms with Gasteiger partial charge in [0.2, 0.25) is 5.13 Å². The van der Waals surface area contributed by atoms with Gasteiger partial charge in [-0.25, -0.2) is 4.98 Å². The van der Waals surface area contributed by atoms with E-state index in [0.717, 1.165) is 15.7 Å². The van der Waals surface area contributed by atoms with Crippen molar-refractivity contribution in [3.8, 4) is 5.75 Å². The maximum Gasteiger partial charge on any atom is 0.262 e. The molecule has 0 fully saturated rings. The SMILES string of the molecule is Cc1ccccc1NC(=O)COc1ccc(Br)cc1C=NNc1nc(N)cs1. The van der Waals surface area contributed by atoms with Crippen molar-refractivity contribution in [2.45, 2.75) is 6.92 Å². The maximum atomic E-state index is 12.2. The zero-order valence-corrected chi connectivity index (χ0v) is 17.4. The van der Waals surface area contributed by atoms with E-state index < -0.39 is 0 Å². The van der Waals surface area contributed by atoms with Gasteiger partial charge in [0, 0.05) is 21.1 Å². The largest absolute Gasteiger partial charge is 0.483 e. The number of benzene rings is 2. The van der Waals surface area contributed by atoms with E-state index in [1.807, 2.05) is 43.3 Å². The first-order valence-electron chi connectivity index (χ1n) is 8.29. The summed E-state index contributed by atoms with van der Waals surface area (Å²) in [5.41, 5.74) is 10.8. The molecule has 0 bridgehead atoms. The fraction of sp³-hybridized carbons (Fsp3) is 0.105. The van der Waals surface area contributed by atoms with Crippen molar-refractivity contribution in [2.24, 2.45) is 5.10 Å². The molecule has 1 heterocycles. The number of hydrogen-bond acceptors (Lipinski definition) is 7. The van der Waals surface area contributed by atoms with Crippen LogP contribution in [0.4, 0.5) is 16.6 Å². The van der Waals surface area contributed by atoms with E-state index in [2.05, 4.69) is 36.8 Å². The fourth-order valence-electron chi connectivity index (χ4n) is 2.29. The Morgan fingerprint density at radius 1 is 1.36 bits per heavy atom. The number of rotatable bonds is 7. The van der Waals surface area contributed by atoms with Crippen LogP contribution in [0.5, 0.6) is 5.75 Å². The third-order valence-electron chi connectivity index (χ3n) is 3.64. The highest BCUT2D eigenvalue weighted by atomic mass is 79.9. The number of carbonyl (C=O) groups is 1. The van der Waals surface area contributed by atoms with Crippen molar-refractivity contribution < 1.29 is 9.53 Å². The number of aromatic nitrogens is 1. The van der Waals surface area contributed by atoms with Gasteiger partial charge in [-0.3, -0.25) is 10.2 Å². The molecule has 2 aromatic carbocycles. The molecule has 0 aliphatic heterocycles. The Balaban J connectivity index is 1.63. The Morgan fingerprint density at radius 3 is 2.93 bits per heavy atom. The van der Waals surface area contributed by atoms with Crippen molar-refractivity contribution >= 4 is 56.0 Å². The second kappa shape index (κ2) is 9.34. The van der Waals surface area contributed by atoms with Gasteiger partial charge in [0.05, 0.1) is 6.21 Å². The molecule has 9 heteroatoms. The lowest BCUT2D eigenvalue weighted by atomic mass is 10.2. The van der Waals surface area contributed by atoms with E-state index >= 15 is 0 Å². The number of halogens is 1. The van der Waals surface area contributed by atoms with Crippen LogP contribution in [-0.4, -0.2) is 23.7 Å². The zero-order chi connectivity index (χ0) is 19.9. The molecule has 7 nitrogen and oxygen atoms in total. The van der Waals surface area contributed by atoms with Gasteiger partial charge >= 0.3 is 0 Å². The van der Waals surface area contributed by atoms with Crippen molar-refractivity contribution in [1.82, 2.24) is 4.98 Å². The third-order valence-corrected chi connectivity index (χ3v) is 4.89. The predicted molar refractivity (Wildman–Crippen MR) is 117 cm³/mol. The van der Waals surface area contributed by atoms with E-state index in [1.54, 1.807) is 17.7 Å². The van der Waals surface area contributed by atoms with Gasteiger partial charge in [0.15, 0.2) is 6.61 Å². The number of nitrogens with one attached hydrogen (secondary N) is 2. The first kappa shape index (κ1) is 19.8. The standard InChI is InChI=1S/C19H18BrN5O2S/c1-12-4-2-3-5-15(12)23-18(26)10-27-16-7-6-14(20)8-13(16)9-22-25-19-24-17(21)11-28-19/h2-9,11H,10,21H2,1H3,(H,23,26)(H,24,25). The van der Waals surface area contributed by atoms with Crippen LogP contribution < -0.4 is 21.2 Å². The summed E-state index contributed by atoms with van der Waals surface area (Å²) in [5, 5.41) is 9.30. The molecule has 0 saturated heterocycles. The highest BCUT2D eigenvalue weighted by molar-refractivity contribution is 9.10. The number of aryl methyl sites for hydroxylation is 1. The van der Waals surface area contributed by atoms with Gasteiger partial charge < -0.3 is 15.8 Å². The summed E-state index contributed by atoms with van der Waals surface area (Å²) >= 11 is 4.78. The summed E-state index contributed by atoms with van der Waals surface area (Å²) in [4.78, 5) is 16.3. The number of nitrogen functional groups attached to an aromatic ring is 1. The Kier molecular flexibility index (Phi) is 6.62. The number of nitrogens with zero attached hydrogens (tertiary/aromatic N) is 2. The Labute approximate surface area is 174 Å². The van der Waals surface area contributed by atoms with Crippen molar-refractivity contribution in [3.05, 3.63) is 63.4 Å². The van der Waals surface area contributed by atoms with E-state index in [0.29, 0.717) is 22.3 Å².